The number of pyridine rings is 1. The van der Waals surface area contributed by atoms with Crippen LogP contribution in [0.2, 0.25) is 0 Å². The molecule has 2 heterocycles. The molecular weight excluding hydrogens is 320 g/mol. The summed E-state index contributed by atoms with van der Waals surface area (Å²) >= 11 is 0. The van der Waals surface area contributed by atoms with Crippen molar-refractivity contribution in [1.29, 1.82) is 0 Å². The standard InChI is InChI=1S/C18H20N4O3/c23-17(21-11-13-4-3-7-19-10-13)14-5-1-2-6-15(14)22-18(24)16-12-20-8-9-25-16/h1-7,10,16,20H,8-9,11-12H2,(H,21,23)(H,22,24). The summed E-state index contributed by atoms with van der Waals surface area (Å²) in [6.45, 7) is 2.05. The minimum absolute atomic E-state index is 0.262. The van der Waals surface area contributed by atoms with Crippen LogP contribution in [0.4, 0.5) is 5.69 Å². The third-order valence-electron chi connectivity index (χ3n) is 3.83. The maximum atomic E-state index is 12.5. The van der Waals surface area contributed by atoms with Crippen molar-refractivity contribution in [3.8, 4) is 0 Å². The number of carbonyl (C=O) groups is 2. The maximum absolute atomic E-state index is 12.5. The molecule has 1 atom stereocenters. The van der Waals surface area contributed by atoms with Crippen LogP contribution in [0.3, 0.4) is 0 Å². The molecule has 1 unspecified atom stereocenters. The van der Waals surface area contributed by atoms with Gasteiger partial charge in [-0.25, -0.2) is 0 Å². The first-order valence-electron chi connectivity index (χ1n) is 8.13. The number of para-hydroxylation sites is 1. The lowest BCUT2D eigenvalue weighted by Crippen LogP contribution is -2.45. The molecule has 130 valence electrons. The number of hydrogen-bond acceptors (Lipinski definition) is 5. The molecule has 7 nitrogen and oxygen atoms in total. The van der Waals surface area contributed by atoms with E-state index in [1.165, 1.54) is 0 Å². The Morgan fingerprint density at radius 1 is 1.24 bits per heavy atom. The van der Waals surface area contributed by atoms with E-state index in [2.05, 4.69) is 20.9 Å². The van der Waals surface area contributed by atoms with E-state index in [1.807, 2.05) is 12.1 Å². The van der Waals surface area contributed by atoms with Crippen LogP contribution in [0.15, 0.2) is 48.8 Å². The summed E-state index contributed by atoms with van der Waals surface area (Å²) in [7, 11) is 0. The fraction of sp³-hybridized carbons (Fsp3) is 0.278. The maximum Gasteiger partial charge on any atom is 0.254 e. The van der Waals surface area contributed by atoms with Crippen molar-refractivity contribution in [2.24, 2.45) is 0 Å². The fourth-order valence-electron chi connectivity index (χ4n) is 2.52. The van der Waals surface area contributed by atoms with Crippen LogP contribution >= 0.6 is 0 Å². The zero-order valence-corrected chi connectivity index (χ0v) is 13.7. The Balaban J connectivity index is 1.65. The van der Waals surface area contributed by atoms with Crippen molar-refractivity contribution in [1.82, 2.24) is 15.6 Å². The predicted octanol–water partition coefficient (Wildman–Crippen LogP) is 0.938. The minimum Gasteiger partial charge on any atom is -0.366 e. The Morgan fingerprint density at radius 3 is 2.88 bits per heavy atom. The van der Waals surface area contributed by atoms with Crippen LogP contribution in [0, 0.1) is 0 Å². The first-order chi connectivity index (χ1) is 12.2. The van der Waals surface area contributed by atoms with Gasteiger partial charge in [0.15, 0.2) is 0 Å². The van der Waals surface area contributed by atoms with E-state index in [0.29, 0.717) is 30.9 Å². The van der Waals surface area contributed by atoms with Gasteiger partial charge in [0.25, 0.3) is 11.8 Å². The number of aromatic nitrogens is 1. The second-order valence-corrected chi connectivity index (χ2v) is 5.64. The number of ether oxygens (including phenoxy) is 1. The monoisotopic (exact) mass is 340 g/mol. The number of nitrogens with zero attached hydrogens (tertiary/aromatic N) is 1. The highest BCUT2D eigenvalue weighted by molar-refractivity contribution is 6.04. The molecule has 1 aromatic heterocycles. The SMILES string of the molecule is O=C(NCc1cccnc1)c1ccccc1NC(=O)C1CNCCO1. The molecule has 0 bridgehead atoms. The second-order valence-electron chi connectivity index (χ2n) is 5.64. The smallest absolute Gasteiger partial charge is 0.254 e. The van der Waals surface area contributed by atoms with E-state index in [1.54, 1.807) is 36.7 Å². The highest BCUT2D eigenvalue weighted by atomic mass is 16.5. The van der Waals surface area contributed by atoms with Crippen LogP contribution < -0.4 is 16.0 Å². The molecule has 1 aromatic carbocycles. The third-order valence-corrected chi connectivity index (χ3v) is 3.83. The molecule has 7 heteroatoms. The molecule has 1 fully saturated rings. The summed E-state index contributed by atoms with van der Waals surface area (Å²) in [6, 6.07) is 10.6. The summed E-state index contributed by atoms with van der Waals surface area (Å²) in [6.07, 6.45) is 2.82. The van der Waals surface area contributed by atoms with Gasteiger partial charge in [-0.2, -0.15) is 0 Å². The lowest BCUT2D eigenvalue weighted by Gasteiger charge is -2.23. The van der Waals surface area contributed by atoms with Gasteiger partial charge < -0.3 is 20.7 Å². The lowest BCUT2D eigenvalue weighted by atomic mass is 10.1. The molecule has 1 saturated heterocycles. The molecule has 3 rings (SSSR count). The first-order valence-corrected chi connectivity index (χ1v) is 8.13. The van der Waals surface area contributed by atoms with Crippen molar-refractivity contribution in [2.45, 2.75) is 12.6 Å². The topological polar surface area (TPSA) is 92.4 Å². The molecule has 2 aromatic rings. The Labute approximate surface area is 145 Å². The van der Waals surface area contributed by atoms with Crippen LogP contribution in [-0.2, 0) is 16.1 Å². The molecule has 0 radical (unpaired) electrons. The number of nitrogens with one attached hydrogen (secondary N) is 3. The molecule has 2 amide bonds. The van der Waals surface area contributed by atoms with E-state index in [4.69, 9.17) is 4.74 Å². The van der Waals surface area contributed by atoms with Gasteiger partial charge in [0, 0.05) is 32.0 Å². The largest absolute Gasteiger partial charge is 0.366 e. The van der Waals surface area contributed by atoms with Gasteiger partial charge in [-0.3, -0.25) is 14.6 Å². The minimum atomic E-state index is -0.555. The van der Waals surface area contributed by atoms with Crippen molar-refractivity contribution < 1.29 is 14.3 Å². The van der Waals surface area contributed by atoms with Crippen molar-refractivity contribution in [2.75, 3.05) is 25.0 Å². The van der Waals surface area contributed by atoms with E-state index in [0.717, 1.165) is 12.1 Å². The van der Waals surface area contributed by atoms with Gasteiger partial charge in [-0.05, 0) is 23.8 Å². The van der Waals surface area contributed by atoms with Crippen molar-refractivity contribution >= 4 is 17.5 Å². The Bertz CT molecular complexity index is 730. The molecule has 1 aliphatic rings. The summed E-state index contributed by atoms with van der Waals surface area (Å²) in [5, 5.41) is 8.72. The van der Waals surface area contributed by atoms with Crippen molar-refractivity contribution in [3.63, 3.8) is 0 Å². The number of hydrogen-bond donors (Lipinski definition) is 3. The lowest BCUT2D eigenvalue weighted by molar-refractivity contribution is -0.128. The van der Waals surface area contributed by atoms with Gasteiger partial charge >= 0.3 is 0 Å². The van der Waals surface area contributed by atoms with Gasteiger partial charge in [0.1, 0.15) is 6.10 Å². The van der Waals surface area contributed by atoms with Crippen LogP contribution in [0.25, 0.3) is 0 Å². The average Bonchev–Trinajstić information content (AvgIpc) is 2.68. The molecule has 0 saturated carbocycles. The number of carbonyl (C=O) groups excluding carboxylic acids is 2. The third kappa shape index (κ3) is 4.62. The van der Waals surface area contributed by atoms with Crippen molar-refractivity contribution in [3.05, 3.63) is 59.9 Å². The molecule has 25 heavy (non-hydrogen) atoms. The molecule has 1 aliphatic heterocycles. The zero-order valence-electron chi connectivity index (χ0n) is 13.7. The van der Waals surface area contributed by atoms with E-state index >= 15 is 0 Å². The zero-order chi connectivity index (χ0) is 17.5. The highest BCUT2D eigenvalue weighted by Gasteiger charge is 2.23. The Morgan fingerprint density at radius 2 is 2.12 bits per heavy atom. The summed E-state index contributed by atoms with van der Waals surface area (Å²) in [5.74, 6) is -0.526. The predicted molar refractivity (Wildman–Crippen MR) is 93.1 cm³/mol. The van der Waals surface area contributed by atoms with E-state index in [-0.39, 0.29) is 11.8 Å². The summed E-state index contributed by atoms with van der Waals surface area (Å²) in [4.78, 5) is 28.8. The van der Waals surface area contributed by atoms with Crippen LogP contribution in [-0.4, -0.2) is 42.6 Å². The van der Waals surface area contributed by atoms with Crippen LogP contribution in [0.5, 0.6) is 0 Å². The summed E-state index contributed by atoms with van der Waals surface area (Å²) < 4.78 is 5.44. The van der Waals surface area contributed by atoms with E-state index < -0.39 is 6.10 Å². The number of amides is 2. The van der Waals surface area contributed by atoms with Gasteiger partial charge in [-0.15, -0.1) is 0 Å². The fourth-order valence-corrected chi connectivity index (χ4v) is 2.52. The normalized spacial score (nSPS) is 16.9. The number of morpholine rings is 1. The quantitative estimate of drug-likeness (QED) is 0.753. The van der Waals surface area contributed by atoms with Gasteiger partial charge in [0.05, 0.1) is 17.9 Å². The number of benzene rings is 1. The van der Waals surface area contributed by atoms with E-state index in [9.17, 15) is 9.59 Å². The second kappa shape index (κ2) is 8.36. The molecule has 0 spiro atoms. The number of anilines is 1. The number of rotatable bonds is 5. The van der Waals surface area contributed by atoms with Gasteiger partial charge in [-0.1, -0.05) is 18.2 Å². The molecular formula is C18H20N4O3. The summed E-state index contributed by atoms with van der Waals surface area (Å²) in [5.41, 5.74) is 1.77. The highest BCUT2D eigenvalue weighted by Crippen LogP contribution is 2.16. The molecule has 3 N–H and O–H groups in total. The van der Waals surface area contributed by atoms with Crippen LogP contribution in [0.1, 0.15) is 15.9 Å². The molecule has 0 aliphatic carbocycles. The average molecular weight is 340 g/mol. The first kappa shape index (κ1) is 17.1. The Kier molecular flexibility index (Phi) is 5.71. The Hall–Kier alpha value is -2.77. The van der Waals surface area contributed by atoms with Gasteiger partial charge in [0.2, 0.25) is 0 Å².